The van der Waals surface area contributed by atoms with Crippen molar-refractivity contribution < 1.29 is 23.6 Å². The van der Waals surface area contributed by atoms with Gasteiger partial charge in [0.25, 0.3) is 0 Å². The van der Waals surface area contributed by atoms with Crippen LogP contribution in [0.2, 0.25) is 5.02 Å². The topological polar surface area (TPSA) is 83.8 Å². The third kappa shape index (κ3) is 6.65. The van der Waals surface area contributed by atoms with E-state index < -0.39 is 24.5 Å². The van der Waals surface area contributed by atoms with Crippen LogP contribution in [0.3, 0.4) is 0 Å². The van der Waals surface area contributed by atoms with Crippen LogP contribution in [0.5, 0.6) is 5.75 Å². The largest absolute Gasteiger partial charge is 0.495 e. The quantitative estimate of drug-likeness (QED) is 0.152. The molecule has 1 saturated heterocycles. The Kier molecular flexibility index (Phi) is 8.67. The first kappa shape index (κ1) is 30.1. The van der Waals surface area contributed by atoms with Gasteiger partial charge in [-0.2, -0.15) is 0 Å². The molecule has 3 heterocycles. The van der Waals surface area contributed by atoms with Crippen molar-refractivity contribution in [1.29, 1.82) is 0 Å². The van der Waals surface area contributed by atoms with Gasteiger partial charge in [-0.15, -0.1) is 0 Å². The summed E-state index contributed by atoms with van der Waals surface area (Å²) in [5.41, 5.74) is 3.62. The van der Waals surface area contributed by atoms with E-state index in [9.17, 15) is 4.79 Å². The summed E-state index contributed by atoms with van der Waals surface area (Å²) in [6, 6.07) is 17.3. The Bertz CT molecular complexity index is 1570. The van der Waals surface area contributed by atoms with Gasteiger partial charge in [0.05, 0.1) is 23.3 Å². The fraction of sp³-hybridized carbons (Fsp3) is 0.375. The molecule has 220 valence electrons. The number of hydrogen-bond acceptors (Lipinski definition) is 7. The summed E-state index contributed by atoms with van der Waals surface area (Å²) in [6.07, 6.45) is 3.25. The molecule has 2 aromatic heterocycles. The molecule has 4 aromatic rings. The highest BCUT2D eigenvalue weighted by molar-refractivity contribution is 6.65. The lowest BCUT2D eigenvalue weighted by Gasteiger charge is -2.32. The Morgan fingerprint density at radius 2 is 1.83 bits per heavy atom. The van der Waals surface area contributed by atoms with Gasteiger partial charge >= 0.3 is 13.1 Å². The highest BCUT2D eigenvalue weighted by atomic mass is 35.5. The number of halogens is 1. The van der Waals surface area contributed by atoms with Crippen LogP contribution in [0.4, 0.5) is 0 Å². The van der Waals surface area contributed by atoms with Crippen LogP contribution in [0, 0.1) is 0 Å². The van der Waals surface area contributed by atoms with E-state index in [4.69, 9.17) is 30.4 Å². The van der Waals surface area contributed by atoms with Crippen molar-refractivity contribution in [2.75, 3.05) is 0 Å². The summed E-state index contributed by atoms with van der Waals surface area (Å²) in [7, 11) is 1.52. The molecule has 1 N–H and O–H groups in total. The van der Waals surface area contributed by atoms with E-state index in [1.54, 1.807) is 25.3 Å². The second-order valence-corrected chi connectivity index (χ2v) is 12.1. The number of fused-ring (bicyclic) bond motifs is 1. The van der Waals surface area contributed by atoms with E-state index in [1.807, 2.05) is 37.5 Å². The van der Waals surface area contributed by atoms with Crippen LogP contribution in [-0.4, -0.2) is 40.1 Å². The number of hydrogen-bond donors (Lipinski definition) is 1. The SMILES string of the molecule is CC(NCc1cc(Cl)ccn1)OC(=O)Cc1ccccc1OCc1cc(B2OC(C)(C)C(C)(C)O2)c2ccn(C)c2c1. The fourth-order valence-electron chi connectivity index (χ4n) is 4.89. The van der Waals surface area contributed by atoms with Crippen LogP contribution in [0.15, 0.2) is 67.0 Å². The Labute approximate surface area is 252 Å². The van der Waals surface area contributed by atoms with Crippen LogP contribution < -0.4 is 15.5 Å². The normalized spacial score (nSPS) is 16.5. The fourth-order valence-corrected chi connectivity index (χ4v) is 5.07. The van der Waals surface area contributed by atoms with Gasteiger partial charge in [0.1, 0.15) is 12.4 Å². The van der Waals surface area contributed by atoms with E-state index >= 15 is 0 Å². The average molecular weight is 590 g/mol. The molecule has 10 heteroatoms. The smallest absolute Gasteiger partial charge is 0.489 e. The monoisotopic (exact) mass is 589 g/mol. The maximum atomic E-state index is 12.8. The zero-order chi connectivity index (χ0) is 30.1. The van der Waals surface area contributed by atoms with Gasteiger partial charge in [-0.05, 0) is 81.4 Å². The molecule has 0 spiro atoms. The summed E-state index contributed by atoms with van der Waals surface area (Å²) in [5.74, 6) is 0.265. The van der Waals surface area contributed by atoms with Gasteiger partial charge in [-0.25, -0.2) is 0 Å². The van der Waals surface area contributed by atoms with Crippen molar-refractivity contribution >= 4 is 41.1 Å². The Morgan fingerprint density at radius 3 is 2.57 bits per heavy atom. The summed E-state index contributed by atoms with van der Waals surface area (Å²) < 4.78 is 26.7. The van der Waals surface area contributed by atoms with Crippen LogP contribution >= 0.6 is 11.6 Å². The molecular formula is C32H37BClN3O5. The first-order valence-corrected chi connectivity index (χ1v) is 14.5. The molecule has 42 heavy (non-hydrogen) atoms. The number of carbonyl (C=O) groups excluding carboxylic acids is 1. The predicted molar refractivity (Wildman–Crippen MR) is 165 cm³/mol. The number of carbonyl (C=O) groups is 1. The first-order chi connectivity index (χ1) is 19.9. The molecule has 0 bridgehead atoms. The summed E-state index contributed by atoms with van der Waals surface area (Å²) in [6.45, 7) is 10.7. The number of rotatable bonds is 10. The lowest BCUT2D eigenvalue weighted by Crippen LogP contribution is -2.41. The minimum absolute atomic E-state index is 0.0770. The number of aromatic nitrogens is 2. The van der Waals surface area contributed by atoms with E-state index in [-0.39, 0.29) is 12.4 Å². The molecule has 0 radical (unpaired) electrons. The molecule has 1 unspecified atom stereocenters. The minimum Gasteiger partial charge on any atom is -0.489 e. The van der Waals surface area contributed by atoms with Gasteiger partial charge in [0.2, 0.25) is 0 Å². The second-order valence-electron chi connectivity index (χ2n) is 11.7. The van der Waals surface area contributed by atoms with Crippen molar-refractivity contribution in [3.8, 4) is 5.75 Å². The van der Waals surface area contributed by atoms with E-state index in [1.165, 1.54) is 0 Å². The highest BCUT2D eigenvalue weighted by Gasteiger charge is 2.52. The van der Waals surface area contributed by atoms with E-state index in [2.05, 4.69) is 60.8 Å². The maximum absolute atomic E-state index is 12.8. The molecule has 1 fully saturated rings. The van der Waals surface area contributed by atoms with Crippen molar-refractivity contribution in [3.05, 3.63) is 88.8 Å². The molecule has 1 aliphatic rings. The Morgan fingerprint density at radius 1 is 1.10 bits per heavy atom. The molecule has 5 rings (SSSR count). The van der Waals surface area contributed by atoms with Crippen molar-refractivity contribution in [1.82, 2.24) is 14.9 Å². The minimum atomic E-state index is -0.503. The van der Waals surface area contributed by atoms with E-state index in [0.29, 0.717) is 23.9 Å². The van der Waals surface area contributed by atoms with Gasteiger partial charge in [0.15, 0.2) is 6.23 Å². The molecular weight excluding hydrogens is 553 g/mol. The molecule has 8 nitrogen and oxygen atoms in total. The van der Waals surface area contributed by atoms with Gasteiger partial charge in [-0.1, -0.05) is 35.9 Å². The number of ether oxygens (including phenoxy) is 2. The van der Waals surface area contributed by atoms with E-state index in [0.717, 1.165) is 33.2 Å². The van der Waals surface area contributed by atoms with Crippen LogP contribution in [0.25, 0.3) is 10.9 Å². The zero-order valence-corrected chi connectivity index (χ0v) is 25.7. The van der Waals surface area contributed by atoms with Crippen molar-refractivity contribution in [3.63, 3.8) is 0 Å². The third-order valence-corrected chi connectivity index (χ3v) is 8.20. The van der Waals surface area contributed by atoms with Gasteiger partial charge < -0.3 is 23.3 Å². The second kappa shape index (κ2) is 12.1. The molecule has 0 saturated carbocycles. The van der Waals surface area contributed by atoms with Crippen LogP contribution in [-0.2, 0) is 45.5 Å². The maximum Gasteiger partial charge on any atom is 0.495 e. The molecule has 0 aliphatic carbocycles. The van der Waals surface area contributed by atoms with Crippen molar-refractivity contribution in [2.24, 2.45) is 7.05 Å². The summed E-state index contributed by atoms with van der Waals surface area (Å²) in [4.78, 5) is 17.0. The number of esters is 1. The van der Waals surface area contributed by atoms with Gasteiger partial charge in [0, 0.05) is 42.1 Å². The number of aryl methyl sites for hydroxylation is 1. The van der Waals surface area contributed by atoms with Crippen LogP contribution in [0.1, 0.15) is 51.4 Å². The molecule has 2 aromatic carbocycles. The Hall–Kier alpha value is -3.37. The molecule has 1 aliphatic heterocycles. The zero-order valence-electron chi connectivity index (χ0n) is 24.9. The molecule has 1 atom stereocenters. The van der Waals surface area contributed by atoms with Crippen molar-refractivity contribution in [2.45, 2.75) is 71.6 Å². The number of pyridine rings is 1. The standard InChI is InChI=1S/C32H37BClN3O5/c1-21(36-19-25-18-24(34)11-13-35-25)40-30(38)17-23-9-7-8-10-29(23)39-20-22-15-27(26-12-14-37(6)28(26)16-22)33-41-31(2,3)32(4,5)42-33/h7-16,18,21,36H,17,19-20H2,1-6H3. The number of nitrogens with one attached hydrogen (secondary N) is 1. The molecule has 0 amide bonds. The first-order valence-electron chi connectivity index (χ1n) is 14.1. The Balaban J connectivity index is 1.26. The highest BCUT2D eigenvalue weighted by Crippen LogP contribution is 2.37. The average Bonchev–Trinajstić information content (AvgIpc) is 3.41. The predicted octanol–water partition coefficient (Wildman–Crippen LogP) is 5.33. The van der Waals surface area contributed by atoms with Gasteiger partial charge in [-0.3, -0.25) is 15.1 Å². The number of para-hydroxylation sites is 1. The third-order valence-electron chi connectivity index (χ3n) is 7.96. The summed E-state index contributed by atoms with van der Waals surface area (Å²) >= 11 is 6.02. The summed E-state index contributed by atoms with van der Waals surface area (Å²) in [5, 5.41) is 4.83. The number of benzene rings is 2. The lowest BCUT2D eigenvalue weighted by atomic mass is 9.76. The lowest BCUT2D eigenvalue weighted by molar-refractivity contribution is -0.149. The number of nitrogens with zero attached hydrogens (tertiary/aromatic N) is 2.